The summed E-state index contributed by atoms with van der Waals surface area (Å²) in [5.74, 6) is -0.0134. The normalized spacial score (nSPS) is 10.5. The van der Waals surface area contributed by atoms with Crippen LogP contribution in [0.15, 0.2) is 30.3 Å². The highest BCUT2D eigenvalue weighted by atomic mass is 16.1. The summed E-state index contributed by atoms with van der Waals surface area (Å²) in [6.07, 6.45) is 0.376. The van der Waals surface area contributed by atoms with Crippen LogP contribution in [0.3, 0.4) is 0 Å². The molecular weight excluding hydrogens is 260 g/mol. The van der Waals surface area contributed by atoms with Gasteiger partial charge in [-0.2, -0.15) is 0 Å². The first kappa shape index (κ1) is 15.1. The van der Waals surface area contributed by atoms with Crippen molar-refractivity contribution in [3.05, 3.63) is 58.1 Å². The van der Waals surface area contributed by atoms with E-state index in [-0.39, 0.29) is 5.91 Å². The Morgan fingerprint density at radius 2 is 1.71 bits per heavy atom. The maximum Gasteiger partial charge on any atom is 0.228 e. The van der Waals surface area contributed by atoms with E-state index in [9.17, 15) is 4.79 Å². The van der Waals surface area contributed by atoms with Crippen molar-refractivity contribution in [2.24, 2.45) is 0 Å². The lowest BCUT2D eigenvalue weighted by atomic mass is 10.0. The summed E-state index contributed by atoms with van der Waals surface area (Å²) in [5, 5.41) is 3.00. The van der Waals surface area contributed by atoms with E-state index >= 15 is 0 Å². The van der Waals surface area contributed by atoms with Gasteiger partial charge < -0.3 is 11.1 Å². The van der Waals surface area contributed by atoms with Gasteiger partial charge in [-0.15, -0.1) is 0 Å². The Hall–Kier alpha value is -2.29. The van der Waals surface area contributed by atoms with E-state index in [4.69, 9.17) is 5.73 Å². The number of nitrogen functional groups attached to an aromatic ring is 1. The maximum absolute atomic E-state index is 12.3. The number of nitrogens with two attached hydrogens (primary N) is 1. The Kier molecular flexibility index (Phi) is 4.32. The third-order valence-electron chi connectivity index (χ3n) is 3.84. The number of amides is 1. The molecule has 0 saturated carbocycles. The molecule has 0 aliphatic rings. The van der Waals surface area contributed by atoms with Gasteiger partial charge >= 0.3 is 0 Å². The van der Waals surface area contributed by atoms with Crippen LogP contribution in [0.4, 0.5) is 11.4 Å². The summed E-state index contributed by atoms with van der Waals surface area (Å²) in [6.45, 7) is 7.96. The van der Waals surface area contributed by atoms with Crippen molar-refractivity contribution in [1.82, 2.24) is 0 Å². The molecule has 0 heterocycles. The molecule has 0 bridgehead atoms. The van der Waals surface area contributed by atoms with Crippen LogP contribution in [0.25, 0.3) is 0 Å². The Morgan fingerprint density at radius 1 is 1.05 bits per heavy atom. The molecule has 0 radical (unpaired) electrons. The molecule has 1 amide bonds. The summed E-state index contributed by atoms with van der Waals surface area (Å²) in [7, 11) is 0. The summed E-state index contributed by atoms with van der Waals surface area (Å²) >= 11 is 0. The van der Waals surface area contributed by atoms with E-state index in [1.165, 1.54) is 5.56 Å². The largest absolute Gasteiger partial charge is 0.398 e. The number of anilines is 2. The smallest absolute Gasteiger partial charge is 0.228 e. The first-order valence-corrected chi connectivity index (χ1v) is 7.10. The summed E-state index contributed by atoms with van der Waals surface area (Å²) < 4.78 is 0. The predicted octanol–water partition coefficient (Wildman–Crippen LogP) is 3.68. The van der Waals surface area contributed by atoms with E-state index < -0.39 is 0 Å². The monoisotopic (exact) mass is 282 g/mol. The summed E-state index contributed by atoms with van der Waals surface area (Å²) in [5.41, 5.74) is 12.7. The molecule has 3 nitrogen and oxygen atoms in total. The molecule has 2 aromatic carbocycles. The molecule has 3 heteroatoms. The highest BCUT2D eigenvalue weighted by molar-refractivity contribution is 5.94. The second kappa shape index (κ2) is 6.00. The number of aryl methyl sites for hydroxylation is 3. The molecule has 0 atom stereocenters. The molecular formula is C18H22N2O. The third-order valence-corrected chi connectivity index (χ3v) is 3.84. The Labute approximate surface area is 126 Å². The van der Waals surface area contributed by atoms with Gasteiger partial charge in [0.1, 0.15) is 0 Å². The number of benzene rings is 2. The molecule has 3 N–H and O–H groups in total. The van der Waals surface area contributed by atoms with Crippen molar-refractivity contribution in [2.45, 2.75) is 34.1 Å². The zero-order chi connectivity index (χ0) is 15.6. The van der Waals surface area contributed by atoms with Crippen molar-refractivity contribution in [3.63, 3.8) is 0 Å². The molecule has 2 aromatic rings. The molecule has 0 aromatic heterocycles. The highest BCUT2D eigenvalue weighted by Crippen LogP contribution is 2.25. The minimum atomic E-state index is -0.0134. The van der Waals surface area contributed by atoms with Crippen molar-refractivity contribution >= 4 is 17.3 Å². The minimum Gasteiger partial charge on any atom is -0.398 e. The number of carbonyl (C=O) groups is 1. The fraction of sp³-hybridized carbons (Fsp3) is 0.278. The van der Waals surface area contributed by atoms with Gasteiger partial charge in [0.15, 0.2) is 0 Å². The molecule has 0 saturated heterocycles. The molecule has 0 spiro atoms. The van der Waals surface area contributed by atoms with Crippen LogP contribution in [-0.2, 0) is 11.2 Å². The quantitative estimate of drug-likeness (QED) is 0.844. The van der Waals surface area contributed by atoms with Crippen molar-refractivity contribution in [1.29, 1.82) is 0 Å². The summed E-state index contributed by atoms with van der Waals surface area (Å²) in [6, 6.07) is 9.97. The van der Waals surface area contributed by atoms with E-state index in [2.05, 4.69) is 23.5 Å². The van der Waals surface area contributed by atoms with E-state index in [0.29, 0.717) is 12.1 Å². The number of rotatable bonds is 3. The topological polar surface area (TPSA) is 55.1 Å². The van der Waals surface area contributed by atoms with Crippen LogP contribution in [0.1, 0.15) is 27.8 Å². The molecule has 0 aliphatic heterocycles. The van der Waals surface area contributed by atoms with Gasteiger partial charge in [0.05, 0.1) is 6.42 Å². The standard InChI is InChI=1S/C18H22N2O/c1-11-5-6-12(2)15(9-11)10-17(21)20-18-13(3)7-8-16(19)14(18)4/h5-9H,10,19H2,1-4H3,(H,20,21). The Balaban J connectivity index is 2.20. The molecule has 0 fully saturated rings. The third kappa shape index (κ3) is 3.43. The minimum absolute atomic E-state index is 0.0134. The van der Waals surface area contributed by atoms with Crippen LogP contribution in [-0.4, -0.2) is 5.91 Å². The zero-order valence-electron chi connectivity index (χ0n) is 13.1. The van der Waals surface area contributed by atoms with Crippen LogP contribution < -0.4 is 11.1 Å². The van der Waals surface area contributed by atoms with Crippen molar-refractivity contribution in [3.8, 4) is 0 Å². The maximum atomic E-state index is 12.3. The number of carbonyl (C=O) groups excluding carboxylic acids is 1. The van der Waals surface area contributed by atoms with Gasteiger partial charge in [-0.25, -0.2) is 0 Å². The zero-order valence-corrected chi connectivity index (χ0v) is 13.1. The van der Waals surface area contributed by atoms with E-state index in [1.807, 2.05) is 39.8 Å². The molecule has 21 heavy (non-hydrogen) atoms. The molecule has 0 aliphatic carbocycles. The highest BCUT2D eigenvalue weighted by Gasteiger charge is 2.11. The number of nitrogens with one attached hydrogen (secondary N) is 1. The lowest BCUT2D eigenvalue weighted by Gasteiger charge is -2.14. The fourth-order valence-electron chi connectivity index (χ4n) is 2.40. The Morgan fingerprint density at radius 3 is 2.43 bits per heavy atom. The summed E-state index contributed by atoms with van der Waals surface area (Å²) in [4.78, 5) is 12.3. The number of hydrogen-bond acceptors (Lipinski definition) is 2. The molecule has 110 valence electrons. The van der Waals surface area contributed by atoms with Gasteiger partial charge in [0, 0.05) is 11.4 Å². The number of hydrogen-bond donors (Lipinski definition) is 2. The Bertz CT molecular complexity index is 690. The van der Waals surface area contributed by atoms with Crippen molar-refractivity contribution < 1.29 is 4.79 Å². The molecule has 0 unspecified atom stereocenters. The predicted molar refractivity (Wildman–Crippen MR) is 88.6 cm³/mol. The van der Waals surface area contributed by atoms with Crippen molar-refractivity contribution in [2.75, 3.05) is 11.1 Å². The van der Waals surface area contributed by atoms with Gasteiger partial charge in [-0.1, -0.05) is 29.8 Å². The van der Waals surface area contributed by atoms with Gasteiger partial charge in [-0.05, 0) is 56.0 Å². The van der Waals surface area contributed by atoms with Crippen LogP contribution in [0.2, 0.25) is 0 Å². The fourth-order valence-corrected chi connectivity index (χ4v) is 2.40. The van der Waals surface area contributed by atoms with Gasteiger partial charge in [-0.3, -0.25) is 4.79 Å². The van der Waals surface area contributed by atoms with Gasteiger partial charge in [0.2, 0.25) is 5.91 Å². The first-order chi connectivity index (χ1) is 9.88. The second-order valence-corrected chi connectivity index (χ2v) is 5.63. The molecule has 2 rings (SSSR count). The van der Waals surface area contributed by atoms with E-state index in [1.54, 1.807) is 0 Å². The average Bonchev–Trinajstić information content (AvgIpc) is 2.43. The average molecular weight is 282 g/mol. The lowest BCUT2D eigenvalue weighted by Crippen LogP contribution is -2.17. The van der Waals surface area contributed by atoms with Crippen LogP contribution in [0, 0.1) is 27.7 Å². The van der Waals surface area contributed by atoms with Crippen LogP contribution >= 0.6 is 0 Å². The van der Waals surface area contributed by atoms with E-state index in [0.717, 1.165) is 27.9 Å². The lowest BCUT2D eigenvalue weighted by molar-refractivity contribution is -0.115. The van der Waals surface area contributed by atoms with Gasteiger partial charge in [0.25, 0.3) is 0 Å². The van der Waals surface area contributed by atoms with Crippen LogP contribution in [0.5, 0.6) is 0 Å². The second-order valence-electron chi connectivity index (χ2n) is 5.63. The SMILES string of the molecule is Cc1ccc(C)c(CC(=O)Nc2c(C)ccc(N)c2C)c1. The first-order valence-electron chi connectivity index (χ1n) is 7.10.